The third kappa shape index (κ3) is 2.11. The summed E-state index contributed by atoms with van der Waals surface area (Å²) < 4.78 is 9.80. The first-order chi connectivity index (χ1) is 8.13. The summed E-state index contributed by atoms with van der Waals surface area (Å²) in [6.07, 6.45) is 0.498. The van der Waals surface area contributed by atoms with Gasteiger partial charge in [0.2, 0.25) is 5.91 Å². The molecule has 17 heavy (non-hydrogen) atoms. The standard InChI is InChI=1S/C11H14N2O4/c1-16-9(14)8-6-13(4-5-17-8)10(15)11(7-12)2-3-11/h8H,2-6H2,1H3. The summed E-state index contributed by atoms with van der Waals surface area (Å²) in [5, 5.41) is 8.96. The number of carbonyl (C=O) groups excluding carboxylic acids is 2. The van der Waals surface area contributed by atoms with Crippen LogP contribution in [-0.2, 0) is 19.1 Å². The Hall–Kier alpha value is -1.61. The van der Waals surface area contributed by atoms with Gasteiger partial charge in [-0.05, 0) is 12.8 Å². The molecule has 1 atom stereocenters. The van der Waals surface area contributed by atoms with Crippen molar-refractivity contribution < 1.29 is 19.1 Å². The van der Waals surface area contributed by atoms with E-state index in [-0.39, 0.29) is 12.5 Å². The van der Waals surface area contributed by atoms with Crippen LogP contribution >= 0.6 is 0 Å². The van der Waals surface area contributed by atoms with Crippen LogP contribution in [-0.4, -0.2) is 49.7 Å². The van der Waals surface area contributed by atoms with Crippen LogP contribution in [0.4, 0.5) is 0 Å². The van der Waals surface area contributed by atoms with Gasteiger partial charge in [-0.1, -0.05) is 0 Å². The lowest BCUT2D eigenvalue weighted by molar-refractivity contribution is -0.163. The van der Waals surface area contributed by atoms with Crippen LogP contribution in [0.1, 0.15) is 12.8 Å². The first-order valence-electron chi connectivity index (χ1n) is 5.53. The molecule has 1 aliphatic heterocycles. The molecule has 2 rings (SSSR count). The van der Waals surface area contributed by atoms with E-state index in [4.69, 9.17) is 10.00 Å². The SMILES string of the molecule is COC(=O)C1CN(C(=O)C2(C#N)CC2)CCO1. The maximum Gasteiger partial charge on any atom is 0.336 e. The van der Waals surface area contributed by atoms with E-state index in [9.17, 15) is 9.59 Å². The molecule has 1 amide bonds. The lowest BCUT2D eigenvalue weighted by atomic mass is 10.1. The van der Waals surface area contributed by atoms with Crippen molar-refractivity contribution in [1.29, 1.82) is 5.26 Å². The Balaban J connectivity index is 2.01. The summed E-state index contributed by atoms with van der Waals surface area (Å²) >= 11 is 0. The van der Waals surface area contributed by atoms with Crippen molar-refractivity contribution in [2.45, 2.75) is 18.9 Å². The third-order valence-electron chi connectivity index (χ3n) is 3.19. The molecule has 6 heteroatoms. The summed E-state index contributed by atoms with van der Waals surface area (Å²) in [6, 6.07) is 2.06. The number of morpholine rings is 1. The van der Waals surface area contributed by atoms with Gasteiger partial charge in [-0.3, -0.25) is 4.79 Å². The molecule has 1 saturated carbocycles. The zero-order valence-electron chi connectivity index (χ0n) is 9.64. The van der Waals surface area contributed by atoms with Gasteiger partial charge in [0.15, 0.2) is 6.10 Å². The van der Waals surface area contributed by atoms with Crippen LogP contribution in [0.15, 0.2) is 0 Å². The molecule has 2 aliphatic rings. The smallest absolute Gasteiger partial charge is 0.336 e. The number of nitrogens with zero attached hydrogens (tertiary/aromatic N) is 2. The number of rotatable bonds is 2. The van der Waals surface area contributed by atoms with Crippen molar-refractivity contribution in [2.75, 3.05) is 26.8 Å². The van der Waals surface area contributed by atoms with Gasteiger partial charge in [-0.2, -0.15) is 5.26 Å². The largest absolute Gasteiger partial charge is 0.467 e. The maximum atomic E-state index is 12.1. The van der Waals surface area contributed by atoms with Gasteiger partial charge in [0.05, 0.1) is 26.3 Å². The number of methoxy groups -OCH3 is 1. The minimum absolute atomic E-state index is 0.176. The van der Waals surface area contributed by atoms with Crippen LogP contribution in [0.2, 0.25) is 0 Å². The van der Waals surface area contributed by atoms with Crippen LogP contribution in [0.25, 0.3) is 0 Å². The Morgan fingerprint density at radius 1 is 1.53 bits per heavy atom. The first kappa shape index (κ1) is 11.9. The zero-order valence-corrected chi connectivity index (χ0v) is 9.64. The van der Waals surface area contributed by atoms with Crippen molar-refractivity contribution in [3.8, 4) is 6.07 Å². The number of ether oxygens (including phenoxy) is 2. The molecule has 0 spiro atoms. The second-order valence-electron chi connectivity index (χ2n) is 4.33. The predicted octanol–water partition coefficient (Wildman–Crippen LogP) is -0.309. The zero-order chi connectivity index (χ0) is 12.5. The summed E-state index contributed by atoms with van der Waals surface area (Å²) in [7, 11) is 1.28. The fraction of sp³-hybridized carbons (Fsp3) is 0.727. The molecular weight excluding hydrogens is 224 g/mol. The van der Waals surface area contributed by atoms with E-state index in [0.717, 1.165) is 0 Å². The average Bonchev–Trinajstić information content (AvgIpc) is 3.18. The Bertz CT molecular complexity index is 383. The average molecular weight is 238 g/mol. The van der Waals surface area contributed by atoms with E-state index in [1.54, 1.807) is 0 Å². The van der Waals surface area contributed by atoms with E-state index in [2.05, 4.69) is 10.8 Å². The van der Waals surface area contributed by atoms with E-state index < -0.39 is 17.5 Å². The number of esters is 1. The molecule has 0 radical (unpaired) electrons. The molecule has 0 bridgehead atoms. The van der Waals surface area contributed by atoms with E-state index in [0.29, 0.717) is 26.0 Å². The number of nitriles is 1. The van der Waals surface area contributed by atoms with Gasteiger partial charge >= 0.3 is 5.97 Å². The molecule has 1 heterocycles. The van der Waals surface area contributed by atoms with Crippen LogP contribution in [0.3, 0.4) is 0 Å². The Morgan fingerprint density at radius 3 is 2.76 bits per heavy atom. The van der Waals surface area contributed by atoms with E-state index in [1.165, 1.54) is 12.0 Å². The molecule has 1 aliphatic carbocycles. The summed E-state index contributed by atoms with van der Waals surface area (Å²) in [5.41, 5.74) is -0.835. The highest BCUT2D eigenvalue weighted by atomic mass is 16.6. The second-order valence-corrected chi connectivity index (χ2v) is 4.33. The van der Waals surface area contributed by atoms with E-state index in [1.807, 2.05) is 0 Å². The molecule has 0 aromatic carbocycles. The fourth-order valence-electron chi connectivity index (χ4n) is 1.91. The van der Waals surface area contributed by atoms with Gasteiger partial charge < -0.3 is 14.4 Å². The summed E-state index contributed by atoms with van der Waals surface area (Å²) in [4.78, 5) is 24.9. The molecule has 92 valence electrons. The quantitative estimate of drug-likeness (QED) is 0.616. The Kier molecular flexibility index (Phi) is 3.03. The highest BCUT2D eigenvalue weighted by Gasteiger charge is 2.53. The topological polar surface area (TPSA) is 79.6 Å². The highest BCUT2D eigenvalue weighted by molar-refractivity contribution is 5.89. The second kappa shape index (κ2) is 4.34. The molecule has 6 nitrogen and oxygen atoms in total. The lowest BCUT2D eigenvalue weighted by Gasteiger charge is -2.32. The molecule has 2 fully saturated rings. The van der Waals surface area contributed by atoms with Crippen molar-refractivity contribution in [2.24, 2.45) is 5.41 Å². The predicted molar refractivity (Wildman–Crippen MR) is 55.6 cm³/mol. The van der Waals surface area contributed by atoms with Crippen LogP contribution in [0, 0.1) is 16.7 Å². The fourth-order valence-corrected chi connectivity index (χ4v) is 1.91. The highest BCUT2D eigenvalue weighted by Crippen LogP contribution is 2.46. The van der Waals surface area contributed by atoms with Crippen molar-refractivity contribution in [3.05, 3.63) is 0 Å². The summed E-state index contributed by atoms with van der Waals surface area (Å²) in [6.45, 7) is 0.901. The Morgan fingerprint density at radius 2 is 2.24 bits per heavy atom. The number of hydrogen-bond acceptors (Lipinski definition) is 5. The van der Waals surface area contributed by atoms with Gasteiger partial charge in [-0.15, -0.1) is 0 Å². The molecular formula is C11H14N2O4. The number of amides is 1. The van der Waals surface area contributed by atoms with Gasteiger partial charge in [0.1, 0.15) is 5.41 Å². The monoisotopic (exact) mass is 238 g/mol. The van der Waals surface area contributed by atoms with Crippen molar-refractivity contribution in [1.82, 2.24) is 4.90 Å². The normalized spacial score (nSPS) is 25.9. The van der Waals surface area contributed by atoms with Gasteiger partial charge in [0.25, 0.3) is 0 Å². The minimum Gasteiger partial charge on any atom is -0.467 e. The summed E-state index contributed by atoms with van der Waals surface area (Å²) in [5.74, 6) is -0.665. The molecule has 1 unspecified atom stereocenters. The molecule has 1 saturated heterocycles. The van der Waals surface area contributed by atoms with Gasteiger partial charge in [-0.25, -0.2) is 4.79 Å². The molecule has 0 aromatic rings. The minimum atomic E-state index is -0.835. The van der Waals surface area contributed by atoms with Gasteiger partial charge in [0, 0.05) is 6.54 Å². The van der Waals surface area contributed by atoms with E-state index >= 15 is 0 Å². The van der Waals surface area contributed by atoms with Crippen molar-refractivity contribution in [3.63, 3.8) is 0 Å². The number of hydrogen-bond donors (Lipinski definition) is 0. The molecule has 0 aromatic heterocycles. The number of carbonyl (C=O) groups is 2. The lowest BCUT2D eigenvalue weighted by Crippen LogP contribution is -2.50. The molecule has 0 N–H and O–H groups in total. The van der Waals surface area contributed by atoms with Crippen LogP contribution in [0.5, 0.6) is 0 Å². The van der Waals surface area contributed by atoms with Crippen molar-refractivity contribution >= 4 is 11.9 Å². The van der Waals surface area contributed by atoms with Crippen LogP contribution < -0.4 is 0 Å². The Labute approximate surface area is 99.1 Å². The first-order valence-corrected chi connectivity index (χ1v) is 5.53. The maximum absolute atomic E-state index is 12.1. The third-order valence-corrected chi connectivity index (χ3v) is 3.19.